The first-order valence-electron chi connectivity index (χ1n) is 8.98. The highest BCUT2D eigenvalue weighted by atomic mass is 35.5. The summed E-state index contributed by atoms with van der Waals surface area (Å²) in [5, 5.41) is 3.09. The van der Waals surface area contributed by atoms with Crippen molar-refractivity contribution in [1.82, 2.24) is 4.90 Å². The third-order valence-electron chi connectivity index (χ3n) is 4.45. The van der Waals surface area contributed by atoms with Crippen molar-refractivity contribution in [2.24, 2.45) is 5.92 Å². The van der Waals surface area contributed by atoms with E-state index in [2.05, 4.69) is 5.32 Å². The molecule has 7 nitrogen and oxygen atoms in total. The Kier molecular flexibility index (Phi) is 5.98. The summed E-state index contributed by atoms with van der Waals surface area (Å²) in [5.41, 5.74) is 0.990. The van der Waals surface area contributed by atoms with Gasteiger partial charge in [-0.1, -0.05) is 37.6 Å². The zero-order valence-corrected chi connectivity index (χ0v) is 16.6. The highest BCUT2D eigenvalue weighted by Crippen LogP contribution is 2.27. The second-order valence-electron chi connectivity index (χ2n) is 6.88. The summed E-state index contributed by atoms with van der Waals surface area (Å²) in [5.74, 6) is -2.87. The number of carbonyl (C=O) groups excluding carboxylic acids is 4. The number of rotatable bonds is 6. The van der Waals surface area contributed by atoms with Gasteiger partial charge < -0.3 is 10.1 Å². The van der Waals surface area contributed by atoms with Crippen LogP contribution in [0.2, 0.25) is 5.02 Å². The Morgan fingerprint density at radius 3 is 2.07 bits per heavy atom. The normalized spacial score (nSPS) is 14.0. The van der Waals surface area contributed by atoms with Crippen LogP contribution in [0.4, 0.5) is 5.69 Å². The van der Waals surface area contributed by atoms with Gasteiger partial charge in [-0.05, 0) is 42.3 Å². The first-order valence-corrected chi connectivity index (χ1v) is 9.36. The number of anilines is 1. The van der Waals surface area contributed by atoms with Crippen LogP contribution in [0.25, 0.3) is 0 Å². The van der Waals surface area contributed by atoms with E-state index < -0.39 is 42.3 Å². The number of nitrogens with one attached hydrogen (secondary N) is 1. The molecule has 0 radical (unpaired) electrons. The van der Waals surface area contributed by atoms with Gasteiger partial charge in [-0.2, -0.15) is 0 Å². The van der Waals surface area contributed by atoms with Crippen molar-refractivity contribution >= 4 is 41.0 Å². The molecule has 0 saturated carbocycles. The van der Waals surface area contributed by atoms with E-state index in [-0.39, 0.29) is 11.1 Å². The maximum Gasteiger partial charge on any atom is 0.330 e. The molecule has 1 heterocycles. The zero-order chi connectivity index (χ0) is 21.1. The van der Waals surface area contributed by atoms with Gasteiger partial charge in [0.1, 0.15) is 6.04 Å². The molecule has 1 aliphatic rings. The highest BCUT2D eigenvalue weighted by molar-refractivity contribution is 6.30. The Balaban J connectivity index is 1.67. The summed E-state index contributed by atoms with van der Waals surface area (Å²) in [7, 11) is 0. The number of hydrogen-bond acceptors (Lipinski definition) is 5. The number of benzene rings is 2. The molecule has 1 N–H and O–H groups in total. The van der Waals surface area contributed by atoms with Crippen molar-refractivity contribution in [3.63, 3.8) is 0 Å². The molecular formula is C21H19ClN2O5. The first-order chi connectivity index (χ1) is 13.8. The van der Waals surface area contributed by atoms with Gasteiger partial charge in [0.2, 0.25) is 0 Å². The number of esters is 1. The summed E-state index contributed by atoms with van der Waals surface area (Å²) in [6.07, 6.45) is 0. The monoisotopic (exact) mass is 414 g/mol. The maximum absolute atomic E-state index is 12.7. The van der Waals surface area contributed by atoms with E-state index >= 15 is 0 Å². The minimum atomic E-state index is -1.13. The van der Waals surface area contributed by atoms with Crippen LogP contribution in [-0.4, -0.2) is 41.2 Å². The van der Waals surface area contributed by atoms with E-state index in [4.69, 9.17) is 16.3 Å². The Hall–Kier alpha value is -3.19. The summed E-state index contributed by atoms with van der Waals surface area (Å²) in [6, 6.07) is 11.7. The second-order valence-corrected chi connectivity index (χ2v) is 7.31. The van der Waals surface area contributed by atoms with Crippen molar-refractivity contribution < 1.29 is 23.9 Å². The van der Waals surface area contributed by atoms with E-state index in [1.807, 2.05) is 0 Å². The van der Waals surface area contributed by atoms with Crippen molar-refractivity contribution in [3.8, 4) is 0 Å². The van der Waals surface area contributed by atoms with Crippen molar-refractivity contribution in [2.75, 3.05) is 11.9 Å². The molecule has 1 aliphatic heterocycles. The van der Waals surface area contributed by atoms with Crippen LogP contribution in [-0.2, 0) is 14.3 Å². The van der Waals surface area contributed by atoms with Crippen molar-refractivity contribution in [2.45, 2.75) is 19.9 Å². The van der Waals surface area contributed by atoms with E-state index in [9.17, 15) is 19.2 Å². The van der Waals surface area contributed by atoms with Gasteiger partial charge in [0, 0.05) is 10.7 Å². The molecule has 1 atom stereocenters. The molecule has 0 fully saturated rings. The predicted molar refractivity (Wildman–Crippen MR) is 107 cm³/mol. The Labute approximate surface area is 172 Å². The zero-order valence-electron chi connectivity index (χ0n) is 15.8. The molecule has 0 bridgehead atoms. The number of imide groups is 1. The molecule has 0 saturated heterocycles. The van der Waals surface area contributed by atoms with E-state index in [1.54, 1.807) is 50.2 Å². The fourth-order valence-corrected chi connectivity index (χ4v) is 3.21. The number of hydrogen-bond donors (Lipinski definition) is 1. The van der Waals surface area contributed by atoms with E-state index in [0.29, 0.717) is 10.7 Å². The predicted octanol–water partition coefficient (Wildman–Crippen LogP) is 3.14. The third-order valence-corrected chi connectivity index (χ3v) is 4.70. The Bertz CT molecular complexity index is 936. The number of fused-ring (bicyclic) bond motifs is 1. The van der Waals surface area contributed by atoms with Gasteiger partial charge >= 0.3 is 5.97 Å². The molecule has 29 heavy (non-hydrogen) atoms. The van der Waals surface area contributed by atoms with E-state index in [1.165, 1.54) is 12.1 Å². The molecular weight excluding hydrogens is 396 g/mol. The van der Waals surface area contributed by atoms with Crippen molar-refractivity contribution in [3.05, 3.63) is 64.7 Å². The lowest BCUT2D eigenvalue weighted by Gasteiger charge is -2.27. The second kappa shape index (κ2) is 8.45. The molecule has 2 aromatic rings. The van der Waals surface area contributed by atoms with Crippen LogP contribution in [0, 0.1) is 5.92 Å². The molecule has 0 aliphatic carbocycles. The molecule has 2 aromatic carbocycles. The van der Waals surface area contributed by atoms with Gasteiger partial charge in [0.25, 0.3) is 17.7 Å². The standard InChI is InChI=1S/C21H19ClN2O5/c1-12(2)18(24-19(26)15-5-3-4-6-16(15)20(24)27)21(28)29-11-17(25)23-14-9-7-13(22)8-10-14/h3-10,12,18H,11H2,1-2H3,(H,23,25)/t18-/m1/s1. The minimum absolute atomic E-state index is 0.247. The van der Waals surface area contributed by atoms with Gasteiger partial charge in [-0.15, -0.1) is 0 Å². The lowest BCUT2D eigenvalue weighted by Crippen LogP contribution is -2.49. The molecule has 3 amide bonds. The number of ether oxygens (including phenoxy) is 1. The quantitative estimate of drug-likeness (QED) is 0.579. The molecule has 0 spiro atoms. The summed E-state index contributed by atoms with van der Waals surface area (Å²) >= 11 is 5.79. The largest absolute Gasteiger partial charge is 0.454 e. The minimum Gasteiger partial charge on any atom is -0.454 e. The van der Waals surface area contributed by atoms with Crippen LogP contribution < -0.4 is 5.32 Å². The van der Waals surface area contributed by atoms with Crippen LogP contribution in [0.15, 0.2) is 48.5 Å². The highest BCUT2D eigenvalue weighted by Gasteiger charge is 2.44. The Morgan fingerprint density at radius 2 is 1.55 bits per heavy atom. The molecule has 150 valence electrons. The summed E-state index contributed by atoms with van der Waals surface area (Å²) < 4.78 is 5.11. The number of amides is 3. The lowest BCUT2D eigenvalue weighted by atomic mass is 10.0. The molecule has 8 heteroatoms. The molecule has 0 aromatic heterocycles. The van der Waals surface area contributed by atoms with Gasteiger partial charge in [-0.25, -0.2) is 4.79 Å². The SMILES string of the molecule is CC(C)[C@H](C(=O)OCC(=O)Nc1ccc(Cl)cc1)N1C(=O)c2ccccc2C1=O. The third kappa shape index (κ3) is 4.30. The fourth-order valence-electron chi connectivity index (χ4n) is 3.09. The topological polar surface area (TPSA) is 92.8 Å². The molecule has 3 rings (SSSR count). The summed E-state index contributed by atoms with van der Waals surface area (Å²) in [4.78, 5) is 51.0. The molecule has 0 unspecified atom stereocenters. The van der Waals surface area contributed by atoms with Crippen molar-refractivity contribution in [1.29, 1.82) is 0 Å². The number of halogens is 1. The van der Waals surface area contributed by atoms with Gasteiger partial charge in [0.05, 0.1) is 11.1 Å². The van der Waals surface area contributed by atoms with Crippen LogP contribution >= 0.6 is 11.6 Å². The number of carbonyl (C=O) groups is 4. The average molecular weight is 415 g/mol. The van der Waals surface area contributed by atoms with Crippen LogP contribution in [0.3, 0.4) is 0 Å². The van der Waals surface area contributed by atoms with Gasteiger partial charge in [-0.3, -0.25) is 19.3 Å². The van der Waals surface area contributed by atoms with Gasteiger partial charge in [0.15, 0.2) is 6.61 Å². The lowest BCUT2D eigenvalue weighted by molar-refractivity contribution is -0.152. The number of nitrogens with zero attached hydrogens (tertiary/aromatic N) is 1. The first kappa shape index (κ1) is 20.5. The average Bonchev–Trinajstić information content (AvgIpc) is 2.94. The summed E-state index contributed by atoms with van der Waals surface area (Å²) in [6.45, 7) is 2.85. The smallest absolute Gasteiger partial charge is 0.330 e. The Morgan fingerprint density at radius 1 is 1.00 bits per heavy atom. The van der Waals surface area contributed by atoms with Crippen LogP contribution in [0.1, 0.15) is 34.6 Å². The fraction of sp³-hybridized carbons (Fsp3) is 0.238. The van der Waals surface area contributed by atoms with Crippen LogP contribution in [0.5, 0.6) is 0 Å². The maximum atomic E-state index is 12.7. The van der Waals surface area contributed by atoms with E-state index in [0.717, 1.165) is 4.90 Å².